The highest BCUT2D eigenvalue weighted by Gasteiger charge is 2.17. The SMILES string of the molecule is CC(C)CC(=O)N(Cc1cccc(OS(C)(=O)=O)c1)Cc1ccco1. The Labute approximate surface area is 148 Å². The summed E-state index contributed by atoms with van der Waals surface area (Å²) in [6.45, 7) is 4.68. The van der Waals surface area contributed by atoms with E-state index >= 15 is 0 Å². The summed E-state index contributed by atoms with van der Waals surface area (Å²) < 4.78 is 32.8. The normalized spacial score (nSPS) is 11.5. The minimum atomic E-state index is -3.59. The van der Waals surface area contributed by atoms with Crippen molar-refractivity contribution in [3.63, 3.8) is 0 Å². The summed E-state index contributed by atoms with van der Waals surface area (Å²) in [5.41, 5.74) is 0.782. The van der Waals surface area contributed by atoms with Crippen molar-refractivity contribution in [2.24, 2.45) is 5.92 Å². The Balaban J connectivity index is 2.17. The number of carbonyl (C=O) groups excluding carboxylic acids is 1. The Hall–Kier alpha value is -2.28. The van der Waals surface area contributed by atoms with Crippen LogP contribution in [0.3, 0.4) is 0 Å². The van der Waals surface area contributed by atoms with Crippen LogP contribution in [0.2, 0.25) is 0 Å². The maximum atomic E-state index is 12.6. The molecule has 1 aromatic heterocycles. The van der Waals surface area contributed by atoms with Gasteiger partial charge in [0.05, 0.1) is 19.1 Å². The van der Waals surface area contributed by atoms with Crippen molar-refractivity contribution in [1.82, 2.24) is 4.90 Å². The fourth-order valence-electron chi connectivity index (χ4n) is 2.39. The Morgan fingerprint density at radius 2 is 1.96 bits per heavy atom. The molecule has 0 saturated heterocycles. The molecule has 2 rings (SSSR count). The van der Waals surface area contributed by atoms with Crippen LogP contribution in [0.25, 0.3) is 0 Å². The maximum absolute atomic E-state index is 12.6. The molecule has 0 aliphatic carbocycles. The molecule has 0 saturated carbocycles. The minimum Gasteiger partial charge on any atom is -0.467 e. The van der Waals surface area contributed by atoms with E-state index in [1.807, 2.05) is 26.0 Å². The maximum Gasteiger partial charge on any atom is 0.306 e. The van der Waals surface area contributed by atoms with Gasteiger partial charge in [-0.2, -0.15) is 8.42 Å². The molecule has 0 radical (unpaired) electrons. The van der Waals surface area contributed by atoms with Crippen LogP contribution in [-0.2, 0) is 28.0 Å². The van der Waals surface area contributed by atoms with Crippen LogP contribution in [0.5, 0.6) is 5.75 Å². The van der Waals surface area contributed by atoms with E-state index in [4.69, 9.17) is 8.60 Å². The average Bonchev–Trinajstić information content (AvgIpc) is 2.97. The molecule has 136 valence electrons. The zero-order valence-electron chi connectivity index (χ0n) is 14.6. The van der Waals surface area contributed by atoms with Gasteiger partial charge >= 0.3 is 10.1 Å². The molecule has 25 heavy (non-hydrogen) atoms. The Morgan fingerprint density at radius 3 is 2.56 bits per heavy atom. The van der Waals surface area contributed by atoms with E-state index in [-0.39, 0.29) is 17.6 Å². The molecule has 0 unspecified atom stereocenters. The monoisotopic (exact) mass is 365 g/mol. The summed E-state index contributed by atoms with van der Waals surface area (Å²) in [7, 11) is -3.59. The van der Waals surface area contributed by atoms with Gasteiger partial charge in [-0.15, -0.1) is 0 Å². The first kappa shape index (κ1) is 19.1. The van der Waals surface area contributed by atoms with E-state index in [0.29, 0.717) is 25.3 Å². The van der Waals surface area contributed by atoms with Gasteiger partial charge in [-0.25, -0.2) is 0 Å². The first-order chi connectivity index (χ1) is 11.7. The Morgan fingerprint density at radius 1 is 1.20 bits per heavy atom. The second-order valence-electron chi connectivity index (χ2n) is 6.36. The van der Waals surface area contributed by atoms with Gasteiger partial charge in [0, 0.05) is 13.0 Å². The standard InChI is InChI=1S/C18H23NO5S/c1-14(2)10-18(20)19(13-17-8-5-9-23-17)12-15-6-4-7-16(11-15)24-25(3,21)22/h4-9,11,14H,10,12-13H2,1-3H3. The summed E-state index contributed by atoms with van der Waals surface area (Å²) in [5.74, 6) is 1.18. The molecule has 0 N–H and O–H groups in total. The molecule has 0 bridgehead atoms. The highest BCUT2D eigenvalue weighted by molar-refractivity contribution is 7.86. The number of hydrogen-bond acceptors (Lipinski definition) is 5. The molecule has 0 fully saturated rings. The summed E-state index contributed by atoms with van der Waals surface area (Å²) in [5, 5.41) is 0. The van der Waals surface area contributed by atoms with Gasteiger partial charge in [-0.1, -0.05) is 26.0 Å². The van der Waals surface area contributed by atoms with Crippen LogP contribution in [0, 0.1) is 5.92 Å². The van der Waals surface area contributed by atoms with Gasteiger partial charge in [0.15, 0.2) is 0 Å². The number of nitrogens with zero attached hydrogens (tertiary/aromatic N) is 1. The molecule has 0 aliphatic rings. The van der Waals surface area contributed by atoms with Crippen LogP contribution in [-0.4, -0.2) is 25.5 Å². The minimum absolute atomic E-state index is 0.0147. The molecular weight excluding hydrogens is 342 g/mol. The molecule has 0 spiro atoms. The third-order valence-electron chi connectivity index (χ3n) is 3.38. The third-order valence-corrected chi connectivity index (χ3v) is 3.88. The van der Waals surface area contributed by atoms with E-state index < -0.39 is 10.1 Å². The predicted octanol–water partition coefficient (Wildman–Crippen LogP) is 3.19. The highest BCUT2D eigenvalue weighted by atomic mass is 32.2. The topological polar surface area (TPSA) is 76.8 Å². The zero-order valence-corrected chi connectivity index (χ0v) is 15.5. The van der Waals surface area contributed by atoms with Crippen molar-refractivity contribution < 1.29 is 21.8 Å². The fraction of sp³-hybridized carbons (Fsp3) is 0.389. The molecule has 7 heteroatoms. The van der Waals surface area contributed by atoms with E-state index in [2.05, 4.69) is 0 Å². The highest BCUT2D eigenvalue weighted by Crippen LogP contribution is 2.19. The summed E-state index contributed by atoms with van der Waals surface area (Å²) in [6, 6.07) is 10.3. The molecule has 1 heterocycles. The average molecular weight is 365 g/mol. The second-order valence-corrected chi connectivity index (χ2v) is 7.94. The number of furan rings is 1. The lowest BCUT2D eigenvalue weighted by molar-refractivity contribution is -0.133. The van der Waals surface area contributed by atoms with Crippen LogP contribution >= 0.6 is 0 Å². The van der Waals surface area contributed by atoms with Gasteiger partial charge in [0.1, 0.15) is 11.5 Å². The quantitative estimate of drug-likeness (QED) is 0.672. The first-order valence-electron chi connectivity index (χ1n) is 8.01. The van der Waals surface area contributed by atoms with Crippen molar-refractivity contribution in [2.75, 3.05) is 6.26 Å². The predicted molar refractivity (Wildman–Crippen MR) is 94.3 cm³/mol. The van der Waals surface area contributed by atoms with Crippen molar-refractivity contribution in [1.29, 1.82) is 0 Å². The van der Waals surface area contributed by atoms with Crippen molar-refractivity contribution >= 4 is 16.0 Å². The van der Waals surface area contributed by atoms with Gasteiger partial charge in [0.2, 0.25) is 5.91 Å². The molecular formula is C18H23NO5S. The molecule has 0 aliphatic heterocycles. The first-order valence-corrected chi connectivity index (χ1v) is 9.83. The van der Waals surface area contributed by atoms with Gasteiger partial charge in [-0.05, 0) is 35.7 Å². The van der Waals surface area contributed by atoms with Gasteiger partial charge < -0.3 is 13.5 Å². The van der Waals surface area contributed by atoms with Crippen LogP contribution in [0.4, 0.5) is 0 Å². The molecule has 0 atom stereocenters. The largest absolute Gasteiger partial charge is 0.467 e. The number of carbonyl (C=O) groups is 1. The van der Waals surface area contributed by atoms with Gasteiger partial charge in [0.25, 0.3) is 0 Å². The van der Waals surface area contributed by atoms with Crippen molar-refractivity contribution in [2.45, 2.75) is 33.4 Å². The number of hydrogen-bond donors (Lipinski definition) is 0. The van der Waals surface area contributed by atoms with Gasteiger partial charge in [-0.3, -0.25) is 4.79 Å². The lowest BCUT2D eigenvalue weighted by atomic mass is 10.1. The van der Waals surface area contributed by atoms with Crippen LogP contribution in [0.1, 0.15) is 31.6 Å². The van der Waals surface area contributed by atoms with E-state index in [1.165, 1.54) is 0 Å². The molecule has 1 aromatic carbocycles. The van der Waals surface area contributed by atoms with E-state index in [0.717, 1.165) is 11.8 Å². The van der Waals surface area contributed by atoms with Crippen molar-refractivity contribution in [3.05, 3.63) is 54.0 Å². The Kier molecular flexibility index (Phi) is 6.25. The molecule has 1 amide bonds. The summed E-state index contributed by atoms with van der Waals surface area (Å²) >= 11 is 0. The van der Waals surface area contributed by atoms with Crippen molar-refractivity contribution in [3.8, 4) is 5.75 Å². The molecule has 6 nitrogen and oxygen atoms in total. The summed E-state index contributed by atoms with van der Waals surface area (Å²) in [4.78, 5) is 14.2. The fourth-order valence-corrected chi connectivity index (χ4v) is 2.85. The Bertz CT molecular complexity index is 797. The lowest BCUT2D eigenvalue weighted by Gasteiger charge is -2.23. The lowest BCUT2D eigenvalue weighted by Crippen LogP contribution is -2.30. The number of amides is 1. The number of benzene rings is 1. The third kappa shape index (κ3) is 6.62. The molecule has 2 aromatic rings. The smallest absolute Gasteiger partial charge is 0.306 e. The summed E-state index contributed by atoms with van der Waals surface area (Å²) in [6.07, 6.45) is 3.00. The van der Waals surface area contributed by atoms with E-state index in [1.54, 1.807) is 35.4 Å². The van der Waals surface area contributed by atoms with Crippen LogP contribution in [0.15, 0.2) is 47.1 Å². The van der Waals surface area contributed by atoms with Crippen LogP contribution < -0.4 is 4.18 Å². The number of rotatable bonds is 8. The zero-order chi connectivity index (χ0) is 18.4. The second kappa shape index (κ2) is 8.20. The van der Waals surface area contributed by atoms with E-state index in [9.17, 15) is 13.2 Å².